The van der Waals surface area contributed by atoms with E-state index >= 15 is 0 Å². The number of halogens is 1. The minimum atomic E-state index is 0.0182. The number of hydrogen-bond acceptors (Lipinski definition) is 2. The summed E-state index contributed by atoms with van der Waals surface area (Å²) in [6, 6.07) is 11.9. The highest BCUT2D eigenvalue weighted by Crippen LogP contribution is 2.20. The Hall–Kier alpha value is -1.00. The van der Waals surface area contributed by atoms with Crippen molar-refractivity contribution < 1.29 is 4.79 Å². The first kappa shape index (κ1) is 16.4. The van der Waals surface area contributed by atoms with Gasteiger partial charge in [0.2, 0.25) is 0 Å². The summed E-state index contributed by atoms with van der Waals surface area (Å²) >= 11 is 5.33. The third-order valence-corrected chi connectivity index (χ3v) is 4.57. The molecule has 1 amide bonds. The highest BCUT2D eigenvalue weighted by atomic mass is 79.9. The van der Waals surface area contributed by atoms with Crippen molar-refractivity contribution >= 4 is 44.4 Å². The lowest BCUT2D eigenvalue weighted by Crippen LogP contribution is -2.24. The normalized spacial score (nSPS) is 10.8. The summed E-state index contributed by atoms with van der Waals surface area (Å²) in [5.74, 6) is 1.22. The molecule has 0 fully saturated rings. The van der Waals surface area contributed by atoms with E-state index < -0.39 is 0 Å². The molecule has 112 valence electrons. The van der Waals surface area contributed by atoms with Gasteiger partial charge >= 0.3 is 0 Å². The Morgan fingerprint density at radius 1 is 1.10 bits per heavy atom. The van der Waals surface area contributed by atoms with E-state index in [1.807, 2.05) is 42.1 Å². The van der Waals surface area contributed by atoms with E-state index in [9.17, 15) is 4.79 Å². The lowest BCUT2D eigenvalue weighted by Gasteiger charge is -2.06. The van der Waals surface area contributed by atoms with Crippen molar-refractivity contribution in [3.05, 3.63) is 46.4 Å². The molecule has 0 aliphatic heterocycles. The van der Waals surface area contributed by atoms with Crippen LogP contribution in [0, 0.1) is 0 Å². The van der Waals surface area contributed by atoms with Gasteiger partial charge in [-0.15, -0.1) is 0 Å². The Morgan fingerprint density at radius 2 is 1.86 bits per heavy atom. The van der Waals surface area contributed by atoms with Gasteiger partial charge in [0.15, 0.2) is 0 Å². The highest BCUT2D eigenvalue weighted by molar-refractivity contribution is 9.10. The number of thioether (sulfide) groups is 1. The van der Waals surface area contributed by atoms with Crippen LogP contribution in [0.1, 0.15) is 29.6 Å². The molecular weight excluding hydrogens is 346 g/mol. The van der Waals surface area contributed by atoms with Gasteiger partial charge in [-0.3, -0.25) is 4.79 Å². The number of rotatable bonds is 7. The molecule has 2 nitrogen and oxygen atoms in total. The summed E-state index contributed by atoms with van der Waals surface area (Å²) in [5.41, 5.74) is 0.730. The average molecular weight is 366 g/mol. The Kier molecular flexibility index (Phi) is 6.58. The smallest absolute Gasteiger partial charge is 0.251 e. The van der Waals surface area contributed by atoms with E-state index in [4.69, 9.17) is 0 Å². The maximum atomic E-state index is 12.1. The van der Waals surface area contributed by atoms with E-state index in [2.05, 4.69) is 33.6 Å². The molecule has 0 atom stereocenters. The quantitative estimate of drug-likeness (QED) is 0.709. The molecular formula is C17H20BrNOS. The van der Waals surface area contributed by atoms with Gasteiger partial charge in [-0.25, -0.2) is 0 Å². The van der Waals surface area contributed by atoms with Crippen molar-refractivity contribution in [2.45, 2.75) is 19.3 Å². The fourth-order valence-corrected chi connectivity index (χ4v) is 3.08. The summed E-state index contributed by atoms with van der Waals surface area (Å²) in [4.78, 5) is 12.1. The van der Waals surface area contributed by atoms with Gasteiger partial charge in [0.25, 0.3) is 5.91 Å². The molecule has 0 saturated carbocycles. The third-order valence-electron chi connectivity index (χ3n) is 3.38. The first-order chi connectivity index (χ1) is 10.2. The zero-order valence-corrected chi connectivity index (χ0v) is 14.6. The first-order valence-electron chi connectivity index (χ1n) is 7.17. The molecule has 21 heavy (non-hydrogen) atoms. The number of nitrogens with one attached hydrogen (secondary N) is 1. The SMILES string of the molecule is CSCCCCCNC(=O)c1ccc2cc(Br)ccc2c1. The molecule has 0 aliphatic carbocycles. The van der Waals surface area contributed by atoms with Gasteiger partial charge in [-0.1, -0.05) is 34.5 Å². The number of fused-ring (bicyclic) bond motifs is 1. The van der Waals surface area contributed by atoms with E-state index in [1.54, 1.807) is 0 Å². The number of benzene rings is 2. The Balaban J connectivity index is 1.89. The molecule has 0 bridgehead atoms. The topological polar surface area (TPSA) is 29.1 Å². The predicted octanol–water partition coefficient (Wildman–Crippen LogP) is 4.87. The van der Waals surface area contributed by atoms with Gasteiger partial charge < -0.3 is 5.32 Å². The molecule has 0 spiro atoms. The fourth-order valence-electron chi connectivity index (χ4n) is 2.21. The summed E-state index contributed by atoms with van der Waals surface area (Å²) in [6.45, 7) is 0.756. The van der Waals surface area contributed by atoms with Gasteiger partial charge in [-0.05, 0) is 59.9 Å². The summed E-state index contributed by atoms with van der Waals surface area (Å²) in [5, 5.41) is 5.22. The van der Waals surface area contributed by atoms with Crippen LogP contribution in [0.4, 0.5) is 0 Å². The van der Waals surface area contributed by atoms with Crippen LogP contribution in [0.15, 0.2) is 40.9 Å². The average Bonchev–Trinajstić information content (AvgIpc) is 2.50. The summed E-state index contributed by atoms with van der Waals surface area (Å²) < 4.78 is 1.05. The van der Waals surface area contributed by atoms with E-state index in [0.29, 0.717) is 0 Å². The number of hydrogen-bond donors (Lipinski definition) is 1. The standard InChI is InChI=1S/C17H20BrNOS/c1-21-10-4-2-3-9-19-17(20)15-6-5-14-12-16(18)8-7-13(14)11-15/h5-8,11-12H,2-4,9-10H2,1H3,(H,19,20). The van der Waals surface area contributed by atoms with Crippen LogP contribution in [-0.4, -0.2) is 24.5 Å². The molecule has 0 radical (unpaired) electrons. The monoisotopic (exact) mass is 365 g/mol. The molecule has 1 N–H and O–H groups in total. The number of carbonyl (C=O) groups is 1. The first-order valence-corrected chi connectivity index (χ1v) is 9.36. The fraction of sp³-hybridized carbons (Fsp3) is 0.353. The Morgan fingerprint density at radius 3 is 2.67 bits per heavy atom. The molecule has 4 heteroatoms. The number of unbranched alkanes of at least 4 members (excludes halogenated alkanes) is 2. The second kappa shape index (κ2) is 8.44. The van der Waals surface area contributed by atoms with Gasteiger partial charge in [0.05, 0.1) is 0 Å². The maximum absolute atomic E-state index is 12.1. The lowest BCUT2D eigenvalue weighted by atomic mass is 10.1. The second-order valence-electron chi connectivity index (χ2n) is 5.02. The van der Waals surface area contributed by atoms with E-state index in [1.165, 1.54) is 18.6 Å². The van der Waals surface area contributed by atoms with Crippen LogP contribution in [0.25, 0.3) is 10.8 Å². The van der Waals surface area contributed by atoms with Crippen LogP contribution >= 0.6 is 27.7 Å². The van der Waals surface area contributed by atoms with Crippen LogP contribution in [0.2, 0.25) is 0 Å². The predicted molar refractivity (Wildman–Crippen MR) is 96.2 cm³/mol. The molecule has 2 aromatic rings. The second-order valence-corrected chi connectivity index (χ2v) is 6.92. The lowest BCUT2D eigenvalue weighted by molar-refractivity contribution is 0.0953. The van der Waals surface area contributed by atoms with Crippen LogP contribution in [0.3, 0.4) is 0 Å². The van der Waals surface area contributed by atoms with Crippen LogP contribution < -0.4 is 5.32 Å². The summed E-state index contributed by atoms with van der Waals surface area (Å²) in [6.07, 6.45) is 5.57. The van der Waals surface area contributed by atoms with Crippen LogP contribution in [0.5, 0.6) is 0 Å². The van der Waals surface area contributed by atoms with Crippen molar-refractivity contribution in [3.8, 4) is 0 Å². The minimum absolute atomic E-state index is 0.0182. The van der Waals surface area contributed by atoms with Crippen LogP contribution in [-0.2, 0) is 0 Å². The maximum Gasteiger partial charge on any atom is 0.251 e. The third kappa shape index (κ3) is 5.04. The van der Waals surface area contributed by atoms with E-state index in [-0.39, 0.29) is 5.91 Å². The van der Waals surface area contributed by atoms with Crippen molar-refractivity contribution in [1.29, 1.82) is 0 Å². The summed E-state index contributed by atoms with van der Waals surface area (Å²) in [7, 11) is 0. The van der Waals surface area contributed by atoms with Crippen molar-refractivity contribution in [2.75, 3.05) is 18.6 Å². The zero-order chi connectivity index (χ0) is 15.1. The number of carbonyl (C=O) groups excluding carboxylic acids is 1. The molecule has 2 rings (SSSR count). The highest BCUT2D eigenvalue weighted by Gasteiger charge is 2.05. The Labute approximate surface area is 138 Å². The van der Waals surface area contributed by atoms with Gasteiger partial charge in [0, 0.05) is 16.6 Å². The Bertz CT molecular complexity index is 615. The molecule has 2 aromatic carbocycles. The molecule has 0 aliphatic rings. The number of amides is 1. The van der Waals surface area contributed by atoms with Crippen molar-refractivity contribution in [1.82, 2.24) is 5.32 Å². The van der Waals surface area contributed by atoms with E-state index in [0.717, 1.165) is 33.8 Å². The molecule has 0 heterocycles. The molecule has 0 saturated heterocycles. The van der Waals surface area contributed by atoms with Gasteiger partial charge in [0.1, 0.15) is 0 Å². The minimum Gasteiger partial charge on any atom is -0.352 e. The molecule has 0 unspecified atom stereocenters. The largest absolute Gasteiger partial charge is 0.352 e. The molecule has 0 aromatic heterocycles. The van der Waals surface area contributed by atoms with Crippen molar-refractivity contribution in [2.24, 2.45) is 0 Å². The van der Waals surface area contributed by atoms with Gasteiger partial charge in [-0.2, -0.15) is 11.8 Å². The zero-order valence-electron chi connectivity index (χ0n) is 12.2. The van der Waals surface area contributed by atoms with Crippen molar-refractivity contribution in [3.63, 3.8) is 0 Å².